The van der Waals surface area contributed by atoms with Crippen molar-refractivity contribution < 1.29 is 19.0 Å². The van der Waals surface area contributed by atoms with Gasteiger partial charge in [0.2, 0.25) is 5.75 Å². The number of ether oxygens (including phenoxy) is 3. The second-order valence-electron chi connectivity index (χ2n) is 9.51. The zero-order chi connectivity index (χ0) is 27.5. The van der Waals surface area contributed by atoms with E-state index in [4.69, 9.17) is 19.9 Å². The second-order valence-corrected chi connectivity index (χ2v) is 9.51. The number of aromatic nitrogens is 2. The molecule has 2 aliphatic heterocycles. The van der Waals surface area contributed by atoms with Crippen LogP contribution in [0.2, 0.25) is 0 Å². The number of carbonyl (C=O) groups is 1. The van der Waals surface area contributed by atoms with E-state index < -0.39 is 0 Å². The van der Waals surface area contributed by atoms with Crippen molar-refractivity contribution in [3.05, 3.63) is 58.8 Å². The Morgan fingerprint density at radius 3 is 2.41 bits per heavy atom. The van der Waals surface area contributed by atoms with Gasteiger partial charge >= 0.3 is 0 Å². The molecule has 2 aromatic carbocycles. The standard InChI is InChI=1S/C28H33N7O4/c1-17-5-6-21-20(11-17)24(27(36)35(21)16-34-9-7-30-8-10-34)32-28-31-15-19(26(29)33-28)12-18-13-22(37-2)25(39-4)23(14-18)38-3/h5-6,11,13-15,30H,7-10,12,16H2,1-4H3,(H2,29,31,33)/b32-24-. The van der Waals surface area contributed by atoms with Gasteiger partial charge in [-0.05, 0) is 36.8 Å². The Morgan fingerprint density at radius 2 is 1.77 bits per heavy atom. The third-order valence-electron chi connectivity index (χ3n) is 6.91. The third kappa shape index (κ3) is 5.36. The van der Waals surface area contributed by atoms with Crippen LogP contribution in [0.15, 0.2) is 41.5 Å². The topological polar surface area (TPSA) is 127 Å². The molecule has 1 amide bonds. The van der Waals surface area contributed by atoms with Gasteiger partial charge in [0.15, 0.2) is 11.5 Å². The van der Waals surface area contributed by atoms with Gasteiger partial charge in [0.05, 0.1) is 33.7 Å². The number of rotatable bonds is 8. The minimum absolute atomic E-state index is 0.140. The number of hydrogen-bond acceptors (Lipinski definition) is 10. The number of benzene rings is 2. The van der Waals surface area contributed by atoms with Crippen molar-refractivity contribution in [3.63, 3.8) is 0 Å². The summed E-state index contributed by atoms with van der Waals surface area (Å²) in [4.78, 5) is 31.0. The fourth-order valence-corrected chi connectivity index (χ4v) is 4.89. The quantitative estimate of drug-likeness (QED) is 0.450. The normalized spacial score (nSPS) is 16.5. The molecule has 11 nitrogen and oxygen atoms in total. The van der Waals surface area contributed by atoms with Crippen molar-refractivity contribution in [2.75, 3.05) is 64.8 Å². The summed E-state index contributed by atoms with van der Waals surface area (Å²) in [6, 6.07) is 9.68. The molecule has 1 aromatic heterocycles. The summed E-state index contributed by atoms with van der Waals surface area (Å²) in [5.41, 5.74) is 10.9. The fourth-order valence-electron chi connectivity index (χ4n) is 4.89. The Morgan fingerprint density at radius 1 is 1.05 bits per heavy atom. The van der Waals surface area contributed by atoms with Crippen molar-refractivity contribution in [1.29, 1.82) is 0 Å². The smallest absolute Gasteiger partial charge is 0.278 e. The number of anilines is 2. The molecular formula is C28H33N7O4. The number of fused-ring (bicyclic) bond motifs is 1. The van der Waals surface area contributed by atoms with Gasteiger partial charge in [0.1, 0.15) is 11.5 Å². The minimum atomic E-state index is -0.169. The Hall–Kier alpha value is -4.22. The lowest BCUT2D eigenvalue weighted by molar-refractivity contribution is -0.112. The molecular weight excluding hydrogens is 498 g/mol. The van der Waals surface area contributed by atoms with Crippen LogP contribution in [0, 0.1) is 6.92 Å². The van der Waals surface area contributed by atoms with Crippen LogP contribution in [-0.2, 0) is 11.2 Å². The molecule has 3 N–H and O–H groups in total. The van der Waals surface area contributed by atoms with E-state index in [0.29, 0.717) is 41.6 Å². The van der Waals surface area contributed by atoms with Crippen LogP contribution >= 0.6 is 0 Å². The van der Waals surface area contributed by atoms with Crippen LogP contribution in [0.3, 0.4) is 0 Å². The highest BCUT2D eigenvalue weighted by Crippen LogP contribution is 2.39. The van der Waals surface area contributed by atoms with Crippen molar-refractivity contribution in [1.82, 2.24) is 20.2 Å². The first-order chi connectivity index (χ1) is 18.9. The lowest BCUT2D eigenvalue weighted by Crippen LogP contribution is -2.49. The van der Waals surface area contributed by atoms with Crippen molar-refractivity contribution in [3.8, 4) is 17.2 Å². The molecule has 204 valence electrons. The van der Waals surface area contributed by atoms with E-state index >= 15 is 0 Å². The van der Waals surface area contributed by atoms with Gasteiger partial charge in [-0.2, -0.15) is 4.98 Å². The maximum atomic E-state index is 13.6. The van der Waals surface area contributed by atoms with Crippen molar-refractivity contribution in [2.24, 2.45) is 4.99 Å². The van der Waals surface area contributed by atoms with Crippen LogP contribution in [-0.4, -0.2) is 80.7 Å². The van der Waals surface area contributed by atoms with Gasteiger partial charge in [-0.1, -0.05) is 11.6 Å². The maximum Gasteiger partial charge on any atom is 0.278 e. The first-order valence-corrected chi connectivity index (χ1v) is 12.8. The van der Waals surface area contributed by atoms with Crippen LogP contribution < -0.4 is 30.2 Å². The third-order valence-corrected chi connectivity index (χ3v) is 6.91. The molecule has 2 aliphatic rings. The number of piperazine rings is 1. The molecule has 1 fully saturated rings. The molecule has 5 rings (SSSR count). The van der Waals surface area contributed by atoms with Gasteiger partial charge in [0.25, 0.3) is 11.9 Å². The van der Waals surface area contributed by atoms with Gasteiger partial charge in [0, 0.05) is 49.9 Å². The van der Waals surface area contributed by atoms with Gasteiger partial charge in [-0.15, -0.1) is 0 Å². The average Bonchev–Trinajstić information content (AvgIpc) is 3.19. The van der Waals surface area contributed by atoms with Gasteiger partial charge < -0.3 is 25.3 Å². The van der Waals surface area contributed by atoms with Crippen LogP contribution in [0.1, 0.15) is 22.3 Å². The van der Waals surface area contributed by atoms with Crippen molar-refractivity contribution >= 4 is 29.1 Å². The van der Waals surface area contributed by atoms with Crippen LogP contribution in [0.4, 0.5) is 17.5 Å². The molecule has 0 atom stereocenters. The average molecular weight is 532 g/mol. The lowest BCUT2D eigenvalue weighted by atomic mass is 10.1. The highest BCUT2D eigenvalue weighted by molar-refractivity contribution is 6.54. The number of methoxy groups -OCH3 is 3. The summed E-state index contributed by atoms with van der Waals surface area (Å²) in [5, 5.41) is 3.35. The fraction of sp³-hybridized carbons (Fsp3) is 0.357. The largest absolute Gasteiger partial charge is 0.493 e. The van der Waals surface area contributed by atoms with Gasteiger partial charge in [-0.3, -0.25) is 14.6 Å². The SMILES string of the molecule is COc1cc(Cc2cnc(/N=C3\C(=O)N(CN4CCNCC4)c4ccc(C)cc43)nc2N)cc(OC)c1OC. The zero-order valence-corrected chi connectivity index (χ0v) is 22.7. The van der Waals surface area contributed by atoms with Crippen LogP contribution in [0.25, 0.3) is 0 Å². The van der Waals surface area contributed by atoms with E-state index in [2.05, 4.69) is 25.2 Å². The van der Waals surface area contributed by atoms with E-state index in [1.165, 1.54) is 0 Å². The number of nitrogens with two attached hydrogens (primary N) is 1. The Labute approximate surface area is 227 Å². The number of amides is 1. The van der Waals surface area contributed by atoms with Crippen molar-refractivity contribution in [2.45, 2.75) is 13.3 Å². The number of carbonyl (C=O) groups excluding carboxylic acids is 1. The monoisotopic (exact) mass is 531 g/mol. The molecule has 39 heavy (non-hydrogen) atoms. The zero-order valence-electron chi connectivity index (χ0n) is 22.7. The second kappa shape index (κ2) is 11.3. The number of hydrogen-bond donors (Lipinski definition) is 2. The molecule has 0 aliphatic carbocycles. The molecule has 3 heterocycles. The maximum absolute atomic E-state index is 13.6. The number of aliphatic imine (C=N–C) groups is 1. The van der Waals surface area contributed by atoms with E-state index in [9.17, 15) is 4.79 Å². The van der Waals surface area contributed by atoms with E-state index in [-0.39, 0.29) is 17.7 Å². The molecule has 0 radical (unpaired) electrons. The molecule has 0 bridgehead atoms. The molecule has 1 saturated heterocycles. The predicted molar refractivity (Wildman–Crippen MR) is 150 cm³/mol. The van der Waals surface area contributed by atoms with E-state index in [1.54, 1.807) is 32.4 Å². The summed E-state index contributed by atoms with van der Waals surface area (Å²) in [5.74, 6) is 1.87. The Bertz CT molecular complexity index is 1390. The highest BCUT2D eigenvalue weighted by atomic mass is 16.5. The number of aryl methyl sites for hydroxylation is 1. The molecule has 11 heteroatoms. The summed E-state index contributed by atoms with van der Waals surface area (Å²) in [7, 11) is 4.70. The number of nitrogens with one attached hydrogen (secondary N) is 1. The highest BCUT2D eigenvalue weighted by Gasteiger charge is 2.35. The van der Waals surface area contributed by atoms with E-state index in [1.807, 2.05) is 37.3 Å². The Balaban J connectivity index is 1.42. The van der Waals surface area contributed by atoms with E-state index in [0.717, 1.165) is 48.6 Å². The number of nitrogen functional groups attached to an aromatic ring is 1. The lowest BCUT2D eigenvalue weighted by Gasteiger charge is -2.31. The molecule has 0 spiro atoms. The summed E-state index contributed by atoms with van der Waals surface area (Å²) in [6.45, 7) is 6.06. The predicted octanol–water partition coefficient (Wildman–Crippen LogP) is 2.31. The Kier molecular flexibility index (Phi) is 7.62. The molecule has 0 unspecified atom stereocenters. The summed E-state index contributed by atoms with van der Waals surface area (Å²) < 4.78 is 16.3. The molecule has 0 saturated carbocycles. The van der Waals surface area contributed by atoms with Crippen LogP contribution in [0.5, 0.6) is 17.2 Å². The minimum Gasteiger partial charge on any atom is -0.493 e. The first kappa shape index (κ1) is 26.4. The van der Waals surface area contributed by atoms with Gasteiger partial charge in [-0.25, -0.2) is 9.98 Å². The number of nitrogens with zero attached hydrogens (tertiary/aromatic N) is 5. The summed E-state index contributed by atoms with van der Waals surface area (Å²) >= 11 is 0. The molecule has 3 aromatic rings. The summed E-state index contributed by atoms with van der Waals surface area (Å²) in [6.07, 6.45) is 2.08. The first-order valence-electron chi connectivity index (χ1n) is 12.8.